The molecule has 3 heterocycles. The van der Waals surface area contributed by atoms with Crippen LogP contribution < -0.4 is 15.0 Å². The molecule has 1 saturated heterocycles. The Bertz CT molecular complexity index is 1070. The monoisotopic (exact) mass is 400 g/mol. The van der Waals surface area contributed by atoms with Crippen molar-refractivity contribution in [1.82, 2.24) is 15.0 Å². The Morgan fingerprint density at radius 2 is 1.83 bits per heavy atom. The minimum Gasteiger partial charge on any atom is -0.472 e. The molecule has 2 aromatic heterocycles. The molecule has 152 valence electrons. The summed E-state index contributed by atoms with van der Waals surface area (Å²) in [5.41, 5.74) is 0.999. The van der Waals surface area contributed by atoms with Gasteiger partial charge in [0.2, 0.25) is 0 Å². The van der Waals surface area contributed by atoms with Gasteiger partial charge in [-0.25, -0.2) is 15.0 Å². The lowest BCUT2D eigenvalue weighted by molar-refractivity contribution is 0.102. The number of nitriles is 1. The van der Waals surface area contributed by atoms with E-state index >= 15 is 0 Å². The molecule has 0 atom stereocenters. The second-order valence-electron chi connectivity index (χ2n) is 8.02. The molecule has 1 aromatic carbocycles. The molecule has 7 nitrogen and oxygen atoms in total. The molecule has 0 spiro atoms. The fraction of sp³-hybridized carbons (Fsp3) is 0.391. The van der Waals surface area contributed by atoms with Crippen LogP contribution in [0.2, 0.25) is 0 Å². The maximum Gasteiger partial charge on any atom is 0.257 e. The Morgan fingerprint density at radius 1 is 1.03 bits per heavy atom. The second-order valence-corrected chi connectivity index (χ2v) is 8.02. The van der Waals surface area contributed by atoms with Crippen LogP contribution in [-0.2, 0) is 0 Å². The number of ether oxygens (including phenoxy) is 1. The van der Waals surface area contributed by atoms with Crippen molar-refractivity contribution in [3.8, 4) is 11.9 Å². The highest BCUT2D eigenvalue weighted by Crippen LogP contribution is 2.33. The Hall–Kier alpha value is -3.40. The Balaban J connectivity index is 1.18. The van der Waals surface area contributed by atoms with Crippen LogP contribution in [-0.4, -0.2) is 40.2 Å². The number of benzene rings is 1. The third-order valence-corrected chi connectivity index (χ3v) is 5.95. The van der Waals surface area contributed by atoms with Crippen molar-refractivity contribution >= 4 is 22.5 Å². The van der Waals surface area contributed by atoms with Gasteiger partial charge in [0.25, 0.3) is 5.88 Å². The highest BCUT2D eigenvalue weighted by molar-refractivity contribution is 5.80. The fourth-order valence-electron chi connectivity index (χ4n) is 4.13. The van der Waals surface area contributed by atoms with Crippen molar-refractivity contribution in [2.24, 2.45) is 5.92 Å². The number of rotatable bonds is 5. The van der Waals surface area contributed by atoms with E-state index in [9.17, 15) is 0 Å². The first kappa shape index (κ1) is 18.6. The number of pyridine rings is 1. The van der Waals surface area contributed by atoms with E-state index in [0.717, 1.165) is 61.3 Å². The molecule has 1 saturated carbocycles. The summed E-state index contributed by atoms with van der Waals surface area (Å²) in [4.78, 5) is 15.8. The molecule has 0 unspecified atom stereocenters. The van der Waals surface area contributed by atoms with Crippen molar-refractivity contribution < 1.29 is 4.74 Å². The van der Waals surface area contributed by atoms with E-state index in [1.807, 2.05) is 24.3 Å². The zero-order valence-electron chi connectivity index (χ0n) is 16.7. The summed E-state index contributed by atoms with van der Waals surface area (Å²) in [6.45, 7) is 1.63. The van der Waals surface area contributed by atoms with Crippen LogP contribution in [0.1, 0.15) is 25.7 Å². The predicted octanol–water partition coefficient (Wildman–Crippen LogP) is 3.79. The minimum absolute atomic E-state index is 0.120. The van der Waals surface area contributed by atoms with Crippen LogP contribution >= 0.6 is 0 Å². The van der Waals surface area contributed by atoms with E-state index in [1.54, 1.807) is 12.4 Å². The molecule has 0 bridgehead atoms. The first-order valence-electron chi connectivity index (χ1n) is 10.5. The van der Waals surface area contributed by atoms with Crippen molar-refractivity contribution in [2.75, 3.05) is 23.3 Å². The summed E-state index contributed by atoms with van der Waals surface area (Å²) < 4.78 is 6.19. The number of nitrogens with one attached hydrogen (secondary N) is 1. The average Bonchev–Trinajstić information content (AvgIpc) is 2.78. The zero-order chi connectivity index (χ0) is 20.3. The third kappa shape index (κ3) is 3.86. The van der Waals surface area contributed by atoms with Gasteiger partial charge >= 0.3 is 0 Å². The lowest BCUT2D eigenvalue weighted by atomic mass is 9.89. The average molecular weight is 400 g/mol. The number of hydrogen-bond acceptors (Lipinski definition) is 7. The number of anilines is 2. The number of fused-ring (bicyclic) bond motifs is 1. The van der Waals surface area contributed by atoms with E-state index in [4.69, 9.17) is 15.0 Å². The van der Waals surface area contributed by atoms with Gasteiger partial charge in [0, 0.05) is 55.7 Å². The van der Waals surface area contributed by atoms with Crippen LogP contribution in [0, 0.1) is 17.2 Å². The van der Waals surface area contributed by atoms with Crippen molar-refractivity contribution in [2.45, 2.75) is 37.8 Å². The van der Waals surface area contributed by atoms with Crippen LogP contribution in [0.15, 0.2) is 48.8 Å². The standard InChI is InChI=1S/C23H24N6O/c24-15-16-7-11-29(12-8-16)22-23(26-10-9-25-22)30-19-13-18(14-19)27-21-6-5-17-3-1-2-4-20(17)28-21/h1-6,9-10,16,18-19H,7-8,11-14H2,(H,27,28). The molecular formula is C23H24N6O. The van der Waals surface area contributed by atoms with E-state index in [0.29, 0.717) is 11.9 Å². The van der Waals surface area contributed by atoms with Gasteiger partial charge in [-0.15, -0.1) is 0 Å². The van der Waals surface area contributed by atoms with Gasteiger partial charge in [0.1, 0.15) is 11.9 Å². The molecule has 3 aromatic rings. The summed E-state index contributed by atoms with van der Waals surface area (Å²) >= 11 is 0. The third-order valence-electron chi connectivity index (χ3n) is 5.95. The quantitative estimate of drug-likeness (QED) is 0.697. The lowest BCUT2D eigenvalue weighted by Gasteiger charge is -2.37. The lowest BCUT2D eigenvalue weighted by Crippen LogP contribution is -2.43. The summed E-state index contributed by atoms with van der Waals surface area (Å²) in [7, 11) is 0. The van der Waals surface area contributed by atoms with Gasteiger partial charge in [0.15, 0.2) is 5.82 Å². The maximum absolute atomic E-state index is 9.11. The van der Waals surface area contributed by atoms with Crippen LogP contribution in [0.25, 0.3) is 10.9 Å². The molecule has 2 fully saturated rings. The largest absolute Gasteiger partial charge is 0.472 e. The Kier molecular flexibility index (Phi) is 5.06. The molecule has 7 heteroatoms. The topological polar surface area (TPSA) is 87.0 Å². The Labute approximate surface area is 175 Å². The zero-order valence-corrected chi connectivity index (χ0v) is 16.7. The van der Waals surface area contributed by atoms with Crippen molar-refractivity contribution in [1.29, 1.82) is 5.26 Å². The second kappa shape index (κ2) is 8.15. The van der Waals surface area contributed by atoms with E-state index in [1.165, 1.54) is 0 Å². The van der Waals surface area contributed by atoms with Crippen LogP contribution in [0.3, 0.4) is 0 Å². The molecule has 2 aliphatic rings. The smallest absolute Gasteiger partial charge is 0.257 e. The van der Waals surface area contributed by atoms with Gasteiger partial charge < -0.3 is 15.0 Å². The van der Waals surface area contributed by atoms with Crippen LogP contribution in [0.5, 0.6) is 5.88 Å². The van der Waals surface area contributed by atoms with Gasteiger partial charge in [-0.05, 0) is 31.0 Å². The highest BCUT2D eigenvalue weighted by atomic mass is 16.5. The molecule has 30 heavy (non-hydrogen) atoms. The molecular weight excluding hydrogens is 376 g/mol. The van der Waals surface area contributed by atoms with E-state index in [2.05, 4.69) is 38.4 Å². The molecule has 5 rings (SSSR count). The molecule has 0 amide bonds. The van der Waals surface area contributed by atoms with Gasteiger partial charge in [0.05, 0.1) is 11.6 Å². The first-order valence-corrected chi connectivity index (χ1v) is 10.5. The fourth-order valence-corrected chi connectivity index (χ4v) is 4.13. The van der Waals surface area contributed by atoms with Gasteiger partial charge in [-0.2, -0.15) is 5.26 Å². The number of aromatic nitrogens is 3. The summed E-state index contributed by atoms with van der Waals surface area (Å²) in [5, 5.41) is 13.8. The Morgan fingerprint density at radius 3 is 2.67 bits per heavy atom. The maximum atomic E-state index is 9.11. The molecule has 1 N–H and O–H groups in total. The predicted molar refractivity (Wildman–Crippen MR) is 115 cm³/mol. The minimum atomic E-state index is 0.120. The summed E-state index contributed by atoms with van der Waals surface area (Å²) in [5.74, 6) is 2.43. The first-order chi connectivity index (χ1) is 14.8. The van der Waals surface area contributed by atoms with E-state index < -0.39 is 0 Å². The summed E-state index contributed by atoms with van der Waals surface area (Å²) in [6.07, 6.45) is 7.03. The number of para-hydroxylation sites is 1. The van der Waals surface area contributed by atoms with Gasteiger partial charge in [-0.3, -0.25) is 0 Å². The molecule has 0 radical (unpaired) electrons. The van der Waals surface area contributed by atoms with Gasteiger partial charge in [-0.1, -0.05) is 18.2 Å². The van der Waals surface area contributed by atoms with E-state index in [-0.39, 0.29) is 12.0 Å². The molecule has 1 aliphatic heterocycles. The number of nitrogens with zero attached hydrogens (tertiary/aromatic N) is 5. The molecule has 1 aliphatic carbocycles. The van der Waals surface area contributed by atoms with Crippen LogP contribution in [0.4, 0.5) is 11.6 Å². The summed E-state index contributed by atoms with van der Waals surface area (Å²) in [6, 6.07) is 15.0. The highest BCUT2D eigenvalue weighted by Gasteiger charge is 2.33. The number of hydrogen-bond donors (Lipinski definition) is 1. The van der Waals surface area contributed by atoms with Crippen molar-refractivity contribution in [3.63, 3.8) is 0 Å². The number of piperidine rings is 1. The van der Waals surface area contributed by atoms with Crippen molar-refractivity contribution in [3.05, 3.63) is 48.8 Å². The SMILES string of the molecule is N#CC1CCN(c2nccnc2OC2CC(Nc3ccc4ccccc4n3)C2)CC1. The normalized spacial score (nSPS) is 21.6.